The fraction of sp³-hybridized carbons (Fsp3) is 0.636. The van der Waals surface area contributed by atoms with Gasteiger partial charge in [-0.05, 0) is 26.2 Å². The van der Waals surface area contributed by atoms with Crippen LogP contribution < -0.4 is 11.1 Å². The van der Waals surface area contributed by atoms with Crippen molar-refractivity contribution in [2.45, 2.75) is 44.3 Å². The van der Waals surface area contributed by atoms with Crippen LogP contribution in [0, 0.1) is 0 Å². The van der Waals surface area contributed by atoms with Crippen LogP contribution >= 0.6 is 0 Å². The Morgan fingerprint density at radius 2 is 2.44 bits per heavy atom. The third-order valence-corrected chi connectivity index (χ3v) is 3.13. The quantitative estimate of drug-likeness (QED) is 0.779. The molecule has 5 nitrogen and oxygen atoms in total. The van der Waals surface area contributed by atoms with Gasteiger partial charge in [-0.25, -0.2) is 4.98 Å². The standard InChI is InChI=1S/C11H18N4O/c1-8(12)11(16)14-9-3-2-4-10(9)15-6-5-13-7-15/h5-10H,2-4,12H2,1H3,(H,14,16)/t8-,9?,10?/m1/s1. The maximum atomic E-state index is 11.6. The van der Waals surface area contributed by atoms with Crippen LogP contribution in [0.1, 0.15) is 32.2 Å². The van der Waals surface area contributed by atoms with E-state index in [0.29, 0.717) is 6.04 Å². The van der Waals surface area contributed by atoms with Crippen molar-refractivity contribution < 1.29 is 4.79 Å². The largest absolute Gasteiger partial charge is 0.350 e. The topological polar surface area (TPSA) is 72.9 Å². The van der Waals surface area contributed by atoms with Crippen molar-refractivity contribution in [3.05, 3.63) is 18.7 Å². The SMILES string of the molecule is C[C@@H](N)C(=O)NC1CCCC1n1ccnc1. The molecule has 0 aromatic carbocycles. The van der Waals surface area contributed by atoms with Gasteiger partial charge >= 0.3 is 0 Å². The molecule has 0 bridgehead atoms. The fourth-order valence-corrected chi connectivity index (χ4v) is 2.25. The molecule has 0 aliphatic heterocycles. The summed E-state index contributed by atoms with van der Waals surface area (Å²) in [5.74, 6) is -0.0722. The number of aromatic nitrogens is 2. The van der Waals surface area contributed by atoms with E-state index < -0.39 is 6.04 Å². The fourth-order valence-electron chi connectivity index (χ4n) is 2.25. The second-order valence-electron chi connectivity index (χ2n) is 4.41. The number of amides is 1. The summed E-state index contributed by atoms with van der Waals surface area (Å²) < 4.78 is 2.07. The van der Waals surface area contributed by atoms with Gasteiger partial charge in [-0.3, -0.25) is 4.79 Å². The number of hydrogen-bond acceptors (Lipinski definition) is 3. The molecule has 3 atom stereocenters. The van der Waals surface area contributed by atoms with Crippen molar-refractivity contribution >= 4 is 5.91 Å². The van der Waals surface area contributed by atoms with Crippen molar-refractivity contribution in [3.63, 3.8) is 0 Å². The molecule has 1 amide bonds. The van der Waals surface area contributed by atoms with E-state index in [-0.39, 0.29) is 11.9 Å². The van der Waals surface area contributed by atoms with Gasteiger partial charge in [0.1, 0.15) is 0 Å². The Morgan fingerprint density at radius 1 is 1.62 bits per heavy atom. The van der Waals surface area contributed by atoms with Crippen LogP contribution in [0.5, 0.6) is 0 Å². The molecule has 2 unspecified atom stereocenters. The zero-order valence-electron chi connectivity index (χ0n) is 9.47. The van der Waals surface area contributed by atoms with Crippen LogP contribution in [0.25, 0.3) is 0 Å². The van der Waals surface area contributed by atoms with Gasteiger partial charge < -0.3 is 15.6 Å². The Hall–Kier alpha value is -1.36. The summed E-state index contributed by atoms with van der Waals surface area (Å²) in [5, 5.41) is 3.00. The number of nitrogens with two attached hydrogens (primary N) is 1. The highest BCUT2D eigenvalue weighted by molar-refractivity contribution is 5.81. The van der Waals surface area contributed by atoms with Crippen LogP contribution in [0.3, 0.4) is 0 Å². The Balaban J connectivity index is 2.01. The summed E-state index contributed by atoms with van der Waals surface area (Å²) in [7, 11) is 0. The lowest BCUT2D eigenvalue weighted by atomic mass is 10.1. The normalized spacial score (nSPS) is 26.6. The van der Waals surface area contributed by atoms with Crippen molar-refractivity contribution in [3.8, 4) is 0 Å². The Labute approximate surface area is 95.0 Å². The number of imidazole rings is 1. The third kappa shape index (κ3) is 2.24. The molecule has 1 aliphatic carbocycles. The van der Waals surface area contributed by atoms with Crippen LogP contribution in [-0.4, -0.2) is 27.5 Å². The first kappa shape index (κ1) is 11.1. The van der Waals surface area contributed by atoms with Gasteiger partial charge in [0.2, 0.25) is 5.91 Å². The average Bonchev–Trinajstić information content (AvgIpc) is 2.85. The lowest BCUT2D eigenvalue weighted by Gasteiger charge is -2.22. The Bertz CT molecular complexity index is 347. The van der Waals surface area contributed by atoms with Gasteiger partial charge in [0.25, 0.3) is 0 Å². The molecule has 1 aromatic rings. The molecule has 0 saturated heterocycles. The van der Waals surface area contributed by atoms with Crippen molar-refractivity contribution in [1.82, 2.24) is 14.9 Å². The zero-order valence-corrected chi connectivity index (χ0v) is 9.47. The molecule has 0 spiro atoms. The van der Waals surface area contributed by atoms with Crippen LogP contribution in [0.15, 0.2) is 18.7 Å². The minimum atomic E-state index is -0.441. The molecular formula is C11H18N4O. The molecule has 1 fully saturated rings. The number of carbonyl (C=O) groups excluding carboxylic acids is 1. The predicted octanol–water partition coefficient (Wildman–Crippen LogP) is 0.440. The highest BCUT2D eigenvalue weighted by atomic mass is 16.2. The second-order valence-corrected chi connectivity index (χ2v) is 4.41. The van der Waals surface area contributed by atoms with E-state index >= 15 is 0 Å². The minimum absolute atomic E-state index is 0.0722. The van der Waals surface area contributed by atoms with E-state index in [0.717, 1.165) is 19.3 Å². The van der Waals surface area contributed by atoms with Gasteiger partial charge in [-0.2, -0.15) is 0 Å². The van der Waals surface area contributed by atoms with Crippen LogP contribution in [0.4, 0.5) is 0 Å². The lowest BCUT2D eigenvalue weighted by molar-refractivity contribution is -0.122. The van der Waals surface area contributed by atoms with Gasteiger partial charge in [0.05, 0.1) is 18.4 Å². The van der Waals surface area contributed by atoms with E-state index in [9.17, 15) is 4.79 Å². The number of carbonyl (C=O) groups is 1. The van der Waals surface area contributed by atoms with E-state index in [1.807, 2.05) is 6.20 Å². The summed E-state index contributed by atoms with van der Waals surface area (Å²) in [5.41, 5.74) is 5.55. The van der Waals surface area contributed by atoms with Crippen molar-refractivity contribution in [2.24, 2.45) is 5.73 Å². The minimum Gasteiger partial charge on any atom is -0.350 e. The van der Waals surface area contributed by atoms with Crippen molar-refractivity contribution in [2.75, 3.05) is 0 Å². The number of nitrogens with zero attached hydrogens (tertiary/aromatic N) is 2. The van der Waals surface area contributed by atoms with Crippen LogP contribution in [0.2, 0.25) is 0 Å². The van der Waals surface area contributed by atoms with Gasteiger partial charge in [0, 0.05) is 18.4 Å². The molecule has 1 saturated carbocycles. The van der Waals surface area contributed by atoms with E-state index in [4.69, 9.17) is 5.73 Å². The highest BCUT2D eigenvalue weighted by Gasteiger charge is 2.29. The van der Waals surface area contributed by atoms with E-state index in [1.54, 1.807) is 19.4 Å². The molecule has 2 rings (SSSR count). The highest BCUT2D eigenvalue weighted by Crippen LogP contribution is 2.29. The average molecular weight is 222 g/mol. The summed E-state index contributed by atoms with van der Waals surface area (Å²) in [6.07, 6.45) is 8.75. The summed E-state index contributed by atoms with van der Waals surface area (Å²) in [4.78, 5) is 15.6. The van der Waals surface area contributed by atoms with Crippen LogP contribution in [-0.2, 0) is 4.79 Å². The number of hydrogen-bond donors (Lipinski definition) is 2. The van der Waals surface area contributed by atoms with E-state index in [2.05, 4.69) is 14.9 Å². The first-order valence-corrected chi connectivity index (χ1v) is 5.72. The molecule has 5 heteroatoms. The lowest BCUT2D eigenvalue weighted by Crippen LogP contribution is -2.45. The molecule has 0 radical (unpaired) electrons. The number of nitrogens with one attached hydrogen (secondary N) is 1. The molecule has 16 heavy (non-hydrogen) atoms. The van der Waals surface area contributed by atoms with E-state index in [1.165, 1.54) is 0 Å². The molecule has 1 heterocycles. The molecule has 3 N–H and O–H groups in total. The van der Waals surface area contributed by atoms with Gasteiger partial charge in [0.15, 0.2) is 0 Å². The second kappa shape index (κ2) is 4.65. The first-order valence-electron chi connectivity index (χ1n) is 5.72. The molecule has 88 valence electrons. The summed E-state index contributed by atoms with van der Waals surface area (Å²) >= 11 is 0. The molecule has 1 aliphatic rings. The zero-order chi connectivity index (χ0) is 11.5. The maximum absolute atomic E-state index is 11.6. The summed E-state index contributed by atoms with van der Waals surface area (Å²) in [6, 6.07) is 0.0712. The molecular weight excluding hydrogens is 204 g/mol. The summed E-state index contributed by atoms with van der Waals surface area (Å²) in [6.45, 7) is 1.70. The Kier molecular flexibility index (Phi) is 3.24. The first-order chi connectivity index (χ1) is 7.68. The van der Waals surface area contributed by atoms with Gasteiger partial charge in [-0.15, -0.1) is 0 Å². The molecule has 1 aromatic heterocycles. The smallest absolute Gasteiger partial charge is 0.236 e. The number of rotatable bonds is 3. The monoisotopic (exact) mass is 222 g/mol. The van der Waals surface area contributed by atoms with Crippen molar-refractivity contribution in [1.29, 1.82) is 0 Å². The third-order valence-electron chi connectivity index (χ3n) is 3.13. The Morgan fingerprint density at radius 3 is 3.06 bits per heavy atom. The maximum Gasteiger partial charge on any atom is 0.236 e. The van der Waals surface area contributed by atoms with Gasteiger partial charge in [-0.1, -0.05) is 0 Å². The predicted molar refractivity (Wildman–Crippen MR) is 60.7 cm³/mol.